The average Bonchev–Trinajstić information content (AvgIpc) is 3.31. The highest BCUT2D eigenvalue weighted by Crippen LogP contribution is 2.40. The molecular weight excluding hydrogens is 797 g/mol. The molecule has 0 aliphatic carbocycles. The van der Waals surface area contributed by atoms with Gasteiger partial charge in [-0.2, -0.15) is 0 Å². The summed E-state index contributed by atoms with van der Waals surface area (Å²) < 4.78 is 26.1. The number of rotatable bonds is 22. The van der Waals surface area contributed by atoms with Crippen LogP contribution in [0.3, 0.4) is 0 Å². The minimum absolute atomic E-state index is 0.243. The molecule has 0 spiro atoms. The lowest BCUT2D eigenvalue weighted by Crippen LogP contribution is -2.55. The summed E-state index contributed by atoms with van der Waals surface area (Å²) in [6.07, 6.45) is 3.47. The smallest absolute Gasteiger partial charge is 0.417 e. The fourth-order valence-electron chi connectivity index (χ4n) is 8.64. The molecule has 2 atom stereocenters. The van der Waals surface area contributed by atoms with E-state index in [0.29, 0.717) is 13.1 Å². The SMILES string of the molecule is C=CCNC(COC(=O)C(=O)OCC(NCC=C)C(OCc1cc(C)cc(C)c1)(c1ccccc1)c1ccccc1)C(OCc1cc(C)cc(C)c1)(c1ccccc1)c1ccccc1. The maximum atomic E-state index is 13.9. The van der Waals surface area contributed by atoms with Crippen LogP contribution in [0.1, 0.15) is 55.6 Å². The van der Waals surface area contributed by atoms with Crippen molar-refractivity contribution in [2.24, 2.45) is 0 Å². The van der Waals surface area contributed by atoms with Gasteiger partial charge >= 0.3 is 11.9 Å². The van der Waals surface area contributed by atoms with E-state index in [1.54, 1.807) is 12.2 Å². The molecule has 2 unspecified atom stereocenters. The molecule has 8 heteroatoms. The number of aryl methyl sites for hydroxylation is 4. The number of benzene rings is 6. The highest BCUT2D eigenvalue weighted by atomic mass is 16.6. The predicted octanol–water partition coefficient (Wildman–Crippen LogP) is 9.92. The molecule has 330 valence electrons. The zero-order chi connectivity index (χ0) is 45.4. The molecular formula is C56H60N2O6. The van der Waals surface area contributed by atoms with Crippen molar-refractivity contribution in [2.75, 3.05) is 26.3 Å². The van der Waals surface area contributed by atoms with Gasteiger partial charge in [-0.1, -0.05) is 192 Å². The standard InChI is InChI=1S/C56H60N2O6/c1-7-29-57-51(55(47-21-13-9-14-22-47,48-23-15-10-16-24-48)63-37-45-33-41(3)31-42(4)34-45)39-61-53(59)54(60)62-40-52(58-30-8-2)56(49-25-17-11-18-26-49,50-27-19-12-20-28-50)64-38-46-35-43(5)32-44(6)36-46/h7-28,31-36,51-52,57-58H,1-2,29-30,37-40H2,3-6H3. The van der Waals surface area contributed by atoms with E-state index in [0.717, 1.165) is 55.6 Å². The summed E-state index contributed by atoms with van der Waals surface area (Å²) in [5, 5.41) is 7.03. The van der Waals surface area contributed by atoms with Gasteiger partial charge in [0.2, 0.25) is 0 Å². The topological polar surface area (TPSA) is 95.1 Å². The third-order valence-electron chi connectivity index (χ3n) is 11.2. The van der Waals surface area contributed by atoms with E-state index in [-0.39, 0.29) is 26.4 Å². The van der Waals surface area contributed by atoms with Gasteiger partial charge in [0.25, 0.3) is 0 Å². The molecule has 0 bridgehead atoms. The van der Waals surface area contributed by atoms with Crippen molar-refractivity contribution in [1.29, 1.82) is 0 Å². The van der Waals surface area contributed by atoms with Crippen LogP contribution in [0.4, 0.5) is 0 Å². The molecule has 0 saturated heterocycles. The molecule has 0 fully saturated rings. The van der Waals surface area contributed by atoms with Crippen molar-refractivity contribution in [3.05, 3.63) is 239 Å². The lowest BCUT2D eigenvalue weighted by molar-refractivity contribution is -0.171. The number of esters is 2. The van der Waals surface area contributed by atoms with Crippen molar-refractivity contribution >= 4 is 11.9 Å². The molecule has 2 N–H and O–H groups in total. The van der Waals surface area contributed by atoms with Crippen molar-refractivity contribution in [3.63, 3.8) is 0 Å². The minimum Gasteiger partial charge on any atom is -0.455 e. The van der Waals surface area contributed by atoms with Gasteiger partial charge in [-0.3, -0.25) is 0 Å². The molecule has 6 aromatic rings. The van der Waals surface area contributed by atoms with Gasteiger partial charge in [-0.05, 0) is 61.1 Å². The van der Waals surface area contributed by atoms with Crippen LogP contribution in [0.15, 0.2) is 183 Å². The Hall–Kier alpha value is -6.42. The van der Waals surface area contributed by atoms with E-state index in [2.05, 4.69) is 87.9 Å². The summed E-state index contributed by atoms with van der Waals surface area (Å²) in [4.78, 5) is 27.8. The first-order valence-electron chi connectivity index (χ1n) is 21.8. The van der Waals surface area contributed by atoms with Gasteiger partial charge in [0.1, 0.15) is 24.4 Å². The maximum Gasteiger partial charge on any atom is 0.417 e. The van der Waals surface area contributed by atoms with Crippen LogP contribution in [-0.4, -0.2) is 50.3 Å². The summed E-state index contributed by atoms with van der Waals surface area (Å²) >= 11 is 0. The van der Waals surface area contributed by atoms with E-state index in [1.165, 1.54) is 0 Å². The van der Waals surface area contributed by atoms with E-state index in [4.69, 9.17) is 18.9 Å². The van der Waals surface area contributed by atoms with E-state index >= 15 is 0 Å². The van der Waals surface area contributed by atoms with E-state index in [1.807, 2.05) is 121 Å². The normalized spacial score (nSPS) is 12.5. The number of hydrogen-bond donors (Lipinski definition) is 2. The molecule has 0 radical (unpaired) electrons. The Labute approximate surface area is 379 Å². The van der Waals surface area contributed by atoms with Gasteiger partial charge in [-0.25, -0.2) is 9.59 Å². The molecule has 64 heavy (non-hydrogen) atoms. The quantitative estimate of drug-likeness (QED) is 0.0396. The average molecular weight is 857 g/mol. The van der Waals surface area contributed by atoms with Crippen LogP contribution >= 0.6 is 0 Å². The Balaban J connectivity index is 1.31. The fourth-order valence-corrected chi connectivity index (χ4v) is 8.64. The highest BCUT2D eigenvalue weighted by molar-refractivity contribution is 6.29. The third-order valence-corrected chi connectivity index (χ3v) is 11.2. The summed E-state index contributed by atoms with van der Waals surface area (Å²) in [7, 11) is 0. The van der Waals surface area contributed by atoms with E-state index < -0.39 is 35.2 Å². The summed E-state index contributed by atoms with van der Waals surface area (Å²) in [5.41, 5.74) is 7.44. The number of hydrogen-bond acceptors (Lipinski definition) is 8. The Kier molecular flexibility index (Phi) is 16.8. The first kappa shape index (κ1) is 47.1. The van der Waals surface area contributed by atoms with Crippen molar-refractivity contribution < 1.29 is 28.5 Å². The van der Waals surface area contributed by atoms with Gasteiger partial charge < -0.3 is 29.6 Å². The minimum atomic E-state index is -1.19. The summed E-state index contributed by atoms with van der Waals surface area (Å²) in [6.45, 7) is 16.9. The molecule has 0 aliphatic rings. The molecule has 8 nitrogen and oxygen atoms in total. The number of carbonyl (C=O) groups excluding carboxylic acids is 2. The first-order valence-corrected chi connectivity index (χ1v) is 21.8. The summed E-state index contributed by atoms with van der Waals surface area (Å²) in [5.74, 6) is -2.28. The number of ether oxygens (including phenoxy) is 4. The van der Waals surface area contributed by atoms with Crippen LogP contribution in [0.25, 0.3) is 0 Å². The van der Waals surface area contributed by atoms with Crippen LogP contribution in [-0.2, 0) is 53.0 Å². The lowest BCUT2D eigenvalue weighted by atomic mass is 9.79. The molecule has 6 aromatic carbocycles. The monoisotopic (exact) mass is 856 g/mol. The second-order valence-corrected chi connectivity index (χ2v) is 16.2. The molecule has 0 heterocycles. The second kappa shape index (κ2) is 22.8. The number of carbonyl (C=O) groups is 2. The van der Waals surface area contributed by atoms with Gasteiger partial charge in [0.15, 0.2) is 0 Å². The fraction of sp³-hybridized carbons (Fsp3) is 0.250. The van der Waals surface area contributed by atoms with Crippen molar-refractivity contribution in [2.45, 2.75) is 64.2 Å². The van der Waals surface area contributed by atoms with Crippen LogP contribution in [0, 0.1) is 27.7 Å². The number of nitrogens with one attached hydrogen (secondary N) is 2. The highest BCUT2D eigenvalue weighted by Gasteiger charge is 2.46. The zero-order valence-corrected chi connectivity index (χ0v) is 37.4. The Morgan fingerprint density at radius 2 is 0.766 bits per heavy atom. The van der Waals surface area contributed by atoms with E-state index in [9.17, 15) is 9.59 Å². The predicted molar refractivity (Wildman–Crippen MR) is 255 cm³/mol. The Morgan fingerprint density at radius 3 is 1.03 bits per heavy atom. The Bertz CT molecular complexity index is 2150. The second-order valence-electron chi connectivity index (χ2n) is 16.2. The zero-order valence-electron chi connectivity index (χ0n) is 37.4. The summed E-state index contributed by atoms with van der Waals surface area (Å²) in [6, 6.07) is 50.7. The largest absolute Gasteiger partial charge is 0.455 e. The van der Waals surface area contributed by atoms with Crippen LogP contribution in [0.2, 0.25) is 0 Å². The van der Waals surface area contributed by atoms with Gasteiger partial charge in [0, 0.05) is 13.1 Å². The third kappa shape index (κ3) is 11.6. The molecule has 0 aromatic heterocycles. The molecule has 0 aliphatic heterocycles. The van der Waals surface area contributed by atoms with Crippen molar-refractivity contribution in [3.8, 4) is 0 Å². The maximum absolute atomic E-state index is 13.9. The lowest BCUT2D eigenvalue weighted by Gasteiger charge is -2.42. The Morgan fingerprint density at radius 1 is 0.484 bits per heavy atom. The van der Waals surface area contributed by atoms with Gasteiger partial charge in [-0.15, -0.1) is 13.2 Å². The molecule has 0 saturated carbocycles. The van der Waals surface area contributed by atoms with Crippen LogP contribution in [0.5, 0.6) is 0 Å². The first-order chi connectivity index (χ1) is 31.1. The molecule has 0 amide bonds. The molecule has 6 rings (SSSR count). The van der Waals surface area contributed by atoms with Gasteiger partial charge in [0.05, 0.1) is 25.3 Å². The van der Waals surface area contributed by atoms with Crippen LogP contribution < -0.4 is 10.6 Å². The van der Waals surface area contributed by atoms with Crippen molar-refractivity contribution in [1.82, 2.24) is 10.6 Å².